The van der Waals surface area contributed by atoms with E-state index in [-0.39, 0.29) is 17.8 Å². The molecule has 1 aliphatic heterocycles. The van der Waals surface area contributed by atoms with E-state index in [9.17, 15) is 4.79 Å². The molecule has 0 bridgehead atoms. The lowest BCUT2D eigenvalue weighted by Gasteiger charge is -2.24. The van der Waals surface area contributed by atoms with Crippen LogP contribution in [0.25, 0.3) is 0 Å². The quantitative estimate of drug-likeness (QED) is 0.818. The lowest BCUT2D eigenvalue weighted by molar-refractivity contribution is 0.0815. The van der Waals surface area contributed by atoms with Crippen molar-refractivity contribution in [1.29, 1.82) is 0 Å². The first-order chi connectivity index (χ1) is 13.3. The molecule has 1 aliphatic rings. The fourth-order valence-corrected chi connectivity index (χ4v) is 3.68. The van der Waals surface area contributed by atoms with E-state index in [4.69, 9.17) is 0 Å². The van der Waals surface area contributed by atoms with Crippen LogP contribution in [0.4, 0.5) is 5.82 Å². The molecule has 0 saturated carbocycles. The zero-order chi connectivity index (χ0) is 20.4. The summed E-state index contributed by atoms with van der Waals surface area (Å²) >= 11 is 0. The van der Waals surface area contributed by atoms with Gasteiger partial charge in [0.2, 0.25) is 5.82 Å². The highest BCUT2D eigenvalue weighted by atomic mass is 16.2. The van der Waals surface area contributed by atoms with Crippen molar-refractivity contribution in [2.75, 3.05) is 32.1 Å². The summed E-state index contributed by atoms with van der Waals surface area (Å²) in [6, 6.07) is 0.577. The third-order valence-electron chi connectivity index (χ3n) is 5.46. The number of amides is 1. The molecule has 152 valence electrons. The van der Waals surface area contributed by atoms with Gasteiger partial charge in [0.15, 0.2) is 0 Å². The van der Waals surface area contributed by atoms with Gasteiger partial charge in [-0.15, -0.1) is 0 Å². The number of nitrogens with zero attached hydrogens (tertiary/aromatic N) is 6. The summed E-state index contributed by atoms with van der Waals surface area (Å²) in [6.07, 6.45) is 5.84. The van der Waals surface area contributed by atoms with Crippen molar-refractivity contribution in [2.24, 2.45) is 7.05 Å². The van der Waals surface area contributed by atoms with E-state index in [0.29, 0.717) is 6.04 Å². The number of hydrogen-bond donors (Lipinski definition) is 1. The van der Waals surface area contributed by atoms with E-state index in [1.807, 2.05) is 33.3 Å². The van der Waals surface area contributed by atoms with Gasteiger partial charge in [0.05, 0.1) is 6.04 Å². The fraction of sp³-hybridized carbons (Fsp3) is 0.600. The van der Waals surface area contributed by atoms with Gasteiger partial charge >= 0.3 is 0 Å². The van der Waals surface area contributed by atoms with Crippen molar-refractivity contribution in [3.8, 4) is 0 Å². The summed E-state index contributed by atoms with van der Waals surface area (Å²) in [5, 5.41) is 3.75. The number of rotatable bonds is 6. The van der Waals surface area contributed by atoms with Gasteiger partial charge < -0.3 is 19.7 Å². The van der Waals surface area contributed by atoms with E-state index in [1.165, 1.54) is 4.90 Å². The van der Waals surface area contributed by atoms with Crippen LogP contribution < -0.4 is 10.2 Å². The second-order valence-electron chi connectivity index (χ2n) is 7.74. The van der Waals surface area contributed by atoms with E-state index >= 15 is 0 Å². The SMILES string of the molecule is CCC(N[C@@H]1CCN(c2nc(C(=O)N(C)C)nc(C)c2C)C1)c1nccn1C. The van der Waals surface area contributed by atoms with Crippen molar-refractivity contribution in [3.05, 3.63) is 35.3 Å². The molecule has 0 spiro atoms. The minimum Gasteiger partial charge on any atom is -0.355 e. The smallest absolute Gasteiger partial charge is 0.291 e. The maximum absolute atomic E-state index is 12.3. The van der Waals surface area contributed by atoms with Gasteiger partial charge in [0.25, 0.3) is 5.91 Å². The van der Waals surface area contributed by atoms with Gasteiger partial charge in [-0.1, -0.05) is 6.92 Å². The number of nitrogens with one attached hydrogen (secondary N) is 1. The monoisotopic (exact) mass is 385 g/mol. The average Bonchev–Trinajstić information content (AvgIpc) is 3.30. The summed E-state index contributed by atoms with van der Waals surface area (Å²) in [7, 11) is 5.47. The first-order valence-corrected chi connectivity index (χ1v) is 9.86. The molecule has 3 rings (SSSR count). The number of carbonyl (C=O) groups is 1. The van der Waals surface area contributed by atoms with Crippen molar-refractivity contribution in [2.45, 2.75) is 45.7 Å². The maximum atomic E-state index is 12.3. The van der Waals surface area contributed by atoms with Crippen LogP contribution in [0.15, 0.2) is 12.4 Å². The molecule has 8 nitrogen and oxygen atoms in total. The van der Waals surface area contributed by atoms with Crippen LogP contribution >= 0.6 is 0 Å². The largest absolute Gasteiger partial charge is 0.355 e. The fourth-order valence-electron chi connectivity index (χ4n) is 3.68. The van der Waals surface area contributed by atoms with Crippen LogP contribution in [0.2, 0.25) is 0 Å². The molecule has 28 heavy (non-hydrogen) atoms. The summed E-state index contributed by atoms with van der Waals surface area (Å²) in [4.78, 5) is 29.6. The Bertz CT molecular complexity index is 845. The Labute approximate surface area is 167 Å². The minimum absolute atomic E-state index is 0.168. The first kappa shape index (κ1) is 20.3. The zero-order valence-electron chi connectivity index (χ0n) is 17.7. The highest BCUT2D eigenvalue weighted by Crippen LogP contribution is 2.26. The van der Waals surface area contributed by atoms with E-state index in [0.717, 1.165) is 48.8 Å². The molecular formula is C20H31N7O. The topological polar surface area (TPSA) is 79.2 Å². The van der Waals surface area contributed by atoms with Gasteiger partial charge in [0.1, 0.15) is 11.6 Å². The molecule has 3 heterocycles. The molecule has 0 aromatic carbocycles. The summed E-state index contributed by atoms with van der Waals surface area (Å²) in [5.74, 6) is 2.03. The minimum atomic E-state index is -0.168. The molecule has 2 atom stereocenters. The van der Waals surface area contributed by atoms with Crippen LogP contribution in [0.5, 0.6) is 0 Å². The van der Waals surface area contributed by atoms with Crippen LogP contribution in [-0.2, 0) is 7.05 Å². The Kier molecular flexibility index (Phi) is 5.98. The number of imidazole rings is 1. The molecular weight excluding hydrogens is 354 g/mol. The van der Waals surface area contributed by atoms with Gasteiger partial charge in [-0.3, -0.25) is 4.79 Å². The molecule has 2 aromatic rings. The molecule has 2 aromatic heterocycles. The number of carbonyl (C=O) groups excluding carboxylic acids is 1. The van der Waals surface area contributed by atoms with Crippen molar-refractivity contribution in [1.82, 2.24) is 29.7 Å². The van der Waals surface area contributed by atoms with E-state index < -0.39 is 0 Å². The van der Waals surface area contributed by atoms with Crippen molar-refractivity contribution in [3.63, 3.8) is 0 Å². The van der Waals surface area contributed by atoms with Gasteiger partial charge in [-0.25, -0.2) is 15.0 Å². The van der Waals surface area contributed by atoms with E-state index in [2.05, 4.69) is 36.7 Å². The molecule has 0 aliphatic carbocycles. The second-order valence-corrected chi connectivity index (χ2v) is 7.74. The molecule has 1 N–H and O–H groups in total. The summed E-state index contributed by atoms with van der Waals surface area (Å²) < 4.78 is 2.07. The highest BCUT2D eigenvalue weighted by molar-refractivity contribution is 5.90. The van der Waals surface area contributed by atoms with Crippen molar-refractivity contribution < 1.29 is 4.79 Å². The van der Waals surface area contributed by atoms with Gasteiger partial charge in [-0.2, -0.15) is 0 Å². The van der Waals surface area contributed by atoms with Gasteiger partial charge in [0, 0.05) is 63.9 Å². The Morgan fingerprint density at radius 1 is 1.36 bits per heavy atom. The lowest BCUT2D eigenvalue weighted by Crippen LogP contribution is -2.36. The second kappa shape index (κ2) is 8.26. The normalized spacial score (nSPS) is 17.8. The Hall–Kier alpha value is -2.48. The molecule has 1 fully saturated rings. The molecule has 0 radical (unpaired) electrons. The Morgan fingerprint density at radius 3 is 2.71 bits per heavy atom. The van der Waals surface area contributed by atoms with Crippen LogP contribution in [0.3, 0.4) is 0 Å². The third kappa shape index (κ3) is 4.01. The maximum Gasteiger partial charge on any atom is 0.291 e. The predicted molar refractivity (Wildman–Crippen MR) is 110 cm³/mol. The number of aromatic nitrogens is 4. The Morgan fingerprint density at radius 2 is 2.11 bits per heavy atom. The van der Waals surface area contributed by atoms with Crippen LogP contribution in [-0.4, -0.2) is 63.6 Å². The molecule has 1 amide bonds. The first-order valence-electron chi connectivity index (χ1n) is 9.86. The highest BCUT2D eigenvalue weighted by Gasteiger charge is 2.29. The summed E-state index contributed by atoms with van der Waals surface area (Å²) in [6.45, 7) is 7.90. The zero-order valence-corrected chi connectivity index (χ0v) is 17.7. The summed E-state index contributed by atoms with van der Waals surface area (Å²) in [5.41, 5.74) is 1.89. The van der Waals surface area contributed by atoms with Crippen LogP contribution in [0, 0.1) is 13.8 Å². The van der Waals surface area contributed by atoms with Crippen molar-refractivity contribution >= 4 is 11.7 Å². The molecule has 1 saturated heterocycles. The van der Waals surface area contributed by atoms with E-state index in [1.54, 1.807) is 14.1 Å². The standard InChI is InChI=1S/C20H31N7O/c1-7-16(19-21-9-11-26(19)6)23-15-8-10-27(12-15)18-13(2)14(3)22-17(24-18)20(28)25(4)5/h9,11,15-16,23H,7-8,10,12H2,1-6H3/t15-,16?/m1/s1. The number of aryl methyl sites for hydroxylation is 2. The molecule has 8 heteroatoms. The third-order valence-corrected chi connectivity index (χ3v) is 5.46. The van der Waals surface area contributed by atoms with Crippen LogP contribution in [0.1, 0.15) is 53.5 Å². The molecule has 1 unspecified atom stereocenters. The lowest BCUT2D eigenvalue weighted by atomic mass is 10.1. The Balaban J connectivity index is 1.76. The number of anilines is 1. The van der Waals surface area contributed by atoms with Gasteiger partial charge in [-0.05, 0) is 26.7 Å². The average molecular weight is 386 g/mol. The predicted octanol–water partition coefficient (Wildman–Crippen LogP) is 1.85. The number of hydrogen-bond acceptors (Lipinski definition) is 6.